The number of amides is 2. The first-order valence-electron chi connectivity index (χ1n) is 8.37. The standard InChI is InChI=1S/C18H18ClN3O5S2/c1-22(9-17(23)20-11-4-3-5-12(6-11)28-2)29(25,26)16-8-15-14(7-13(16)19)21-18(24)10-27-15/h3-8H,9-10H2,1-2H3,(H,20,23)(H,21,24). The Labute approximate surface area is 177 Å². The van der Waals surface area contributed by atoms with Crippen LogP contribution in [0.1, 0.15) is 0 Å². The molecule has 1 heterocycles. The molecule has 2 N–H and O–H groups in total. The molecule has 0 radical (unpaired) electrons. The first-order chi connectivity index (χ1) is 13.7. The second-order valence-electron chi connectivity index (χ2n) is 6.16. The number of carbonyl (C=O) groups excluding carboxylic acids is 2. The van der Waals surface area contributed by atoms with E-state index in [4.69, 9.17) is 16.3 Å². The van der Waals surface area contributed by atoms with Gasteiger partial charge in [0.1, 0.15) is 10.6 Å². The number of nitrogens with zero attached hydrogens (tertiary/aromatic N) is 1. The van der Waals surface area contributed by atoms with Crippen LogP contribution in [-0.2, 0) is 19.6 Å². The molecule has 29 heavy (non-hydrogen) atoms. The van der Waals surface area contributed by atoms with Gasteiger partial charge in [-0.25, -0.2) is 8.42 Å². The SMILES string of the molecule is CSc1cccc(NC(=O)CN(C)S(=O)(=O)c2cc3c(cc2Cl)NC(=O)CO3)c1. The molecule has 154 valence electrons. The Morgan fingerprint density at radius 3 is 2.83 bits per heavy atom. The predicted octanol–water partition coefficient (Wildman–Crippen LogP) is 2.65. The van der Waals surface area contributed by atoms with E-state index in [1.807, 2.05) is 12.3 Å². The van der Waals surface area contributed by atoms with Crippen LogP contribution in [0.4, 0.5) is 11.4 Å². The number of rotatable bonds is 6. The first-order valence-corrected chi connectivity index (χ1v) is 11.4. The molecule has 0 atom stereocenters. The molecule has 0 saturated carbocycles. The minimum absolute atomic E-state index is 0.0884. The third kappa shape index (κ3) is 4.84. The van der Waals surface area contributed by atoms with E-state index in [0.29, 0.717) is 11.4 Å². The molecule has 0 bridgehead atoms. The van der Waals surface area contributed by atoms with Gasteiger partial charge in [-0.15, -0.1) is 11.8 Å². The molecule has 0 spiro atoms. The molecule has 1 aliphatic rings. The van der Waals surface area contributed by atoms with Gasteiger partial charge in [0, 0.05) is 23.7 Å². The second kappa shape index (κ2) is 8.62. The summed E-state index contributed by atoms with van der Waals surface area (Å²) in [5.41, 5.74) is 0.864. The molecular weight excluding hydrogens is 438 g/mol. The van der Waals surface area contributed by atoms with Gasteiger partial charge in [0.25, 0.3) is 5.91 Å². The zero-order valence-corrected chi connectivity index (χ0v) is 18.0. The third-order valence-corrected chi connectivity index (χ3v) is 7.07. The van der Waals surface area contributed by atoms with E-state index in [9.17, 15) is 18.0 Å². The number of thioether (sulfide) groups is 1. The predicted molar refractivity (Wildman–Crippen MR) is 112 cm³/mol. The van der Waals surface area contributed by atoms with Crippen LogP contribution in [0.3, 0.4) is 0 Å². The van der Waals surface area contributed by atoms with Gasteiger partial charge in [0.15, 0.2) is 6.61 Å². The van der Waals surface area contributed by atoms with E-state index in [1.54, 1.807) is 18.2 Å². The monoisotopic (exact) mass is 455 g/mol. The van der Waals surface area contributed by atoms with E-state index in [2.05, 4.69) is 10.6 Å². The van der Waals surface area contributed by atoms with Crippen molar-refractivity contribution in [2.45, 2.75) is 9.79 Å². The molecule has 2 aromatic rings. The van der Waals surface area contributed by atoms with Gasteiger partial charge in [-0.3, -0.25) is 9.59 Å². The van der Waals surface area contributed by atoms with Crippen molar-refractivity contribution >= 4 is 56.6 Å². The average molecular weight is 456 g/mol. The molecule has 0 aromatic heterocycles. The summed E-state index contributed by atoms with van der Waals surface area (Å²) in [5.74, 6) is -0.658. The fourth-order valence-corrected chi connectivity index (χ4v) is 4.74. The summed E-state index contributed by atoms with van der Waals surface area (Å²) in [4.78, 5) is 24.5. The second-order valence-corrected chi connectivity index (χ2v) is 9.46. The number of carbonyl (C=O) groups is 2. The molecule has 2 aromatic carbocycles. The van der Waals surface area contributed by atoms with Crippen LogP contribution in [-0.4, -0.2) is 51.0 Å². The smallest absolute Gasteiger partial charge is 0.262 e. The van der Waals surface area contributed by atoms with Crippen LogP contribution in [0.15, 0.2) is 46.2 Å². The number of hydrogen-bond acceptors (Lipinski definition) is 6. The lowest BCUT2D eigenvalue weighted by Gasteiger charge is -2.22. The Morgan fingerprint density at radius 1 is 1.34 bits per heavy atom. The van der Waals surface area contributed by atoms with E-state index < -0.39 is 22.5 Å². The number of fused-ring (bicyclic) bond motifs is 1. The van der Waals surface area contributed by atoms with Gasteiger partial charge < -0.3 is 15.4 Å². The summed E-state index contributed by atoms with van der Waals surface area (Å²) in [7, 11) is -2.79. The zero-order valence-electron chi connectivity index (χ0n) is 15.6. The summed E-state index contributed by atoms with van der Waals surface area (Å²) in [6.07, 6.45) is 1.92. The largest absolute Gasteiger partial charge is 0.482 e. The number of likely N-dealkylation sites (N-methyl/N-ethyl adjacent to an activating group) is 1. The molecule has 11 heteroatoms. The number of sulfonamides is 1. The Morgan fingerprint density at radius 2 is 2.10 bits per heavy atom. The van der Waals surface area contributed by atoms with Gasteiger partial charge in [-0.1, -0.05) is 17.7 Å². The maximum Gasteiger partial charge on any atom is 0.262 e. The number of hydrogen-bond donors (Lipinski definition) is 2. The van der Waals surface area contributed by atoms with Gasteiger partial charge in [0.2, 0.25) is 15.9 Å². The first kappa shape index (κ1) is 21.4. The van der Waals surface area contributed by atoms with E-state index in [-0.39, 0.29) is 28.2 Å². The van der Waals surface area contributed by atoms with Crippen molar-refractivity contribution in [3.63, 3.8) is 0 Å². The van der Waals surface area contributed by atoms with Crippen molar-refractivity contribution in [1.29, 1.82) is 0 Å². The van der Waals surface area contributed by atoms with Crippen molar-refractivity contribution in [1.82, 2.24) is 4.31 Å². The van der Waals surface area contributed by atoms with E-state index >= 15 is 0 Å². The lowest BCUT2D eigenvalue weighted by atomic mass is 10.2. The topological polar surface area (TPSA) is 105 Å². The van der Waals surface area contributed by atoms with Crippen molar-refractivity contribution in [2.75, 3.05) is 37.1 Å². The maximum atomic E-state index is 12.9. The molecule has 0 saturated heterocycles. The minimum atomic E-state index is -4.07. The molecule has 0 fully saturated rings. The summed E-state index contributed by atoms with van der Waals surface area (Å²) >= 11 is 7.65. The highest BCUT2D eigenvalue weighted by molar-refractivity contribution is 7.98. The van der Waals surface area contributed by atoms with Gasteiger partial charge in [-0.05, 0) is 30.5 Å². The van der Waals surface area contributed by atoms with Crippen LogP contribution in [0.25, 0.3) is 0 Å². The lowest BCUT2D eigenvalue weighted by Crippen LogP contribution is -2.35. The summed E-state index contributed by atoms with van der Waals surface area (Å²) in [6, 6.07) is 9.76. The maximum absolute atomic E-state index is 12.9. The van der Waals surface area contributed by atoms with Crippen LogP contribution in [0.5, 0.6) is 5.75 Å². The molecular formula is C18H18ClN3O5S2. The fraction of sp³-hybridized carbons (Fsp3) is 0.222. The molecule has 0 unspecified atom stereocenters. The molecule has 1 aliphatic heterocycles. The Hall–Kier alpha value is -2.27. The summed E-state index contributed by atoms with van der Waals surface area (Å²) in [6.45, 7) is -0.627. The summed E-state index contributed by atoms with van der Waals surface area (Å²) in [5, 5.41) is 5.14. The van der Waals surface area contributed by atoms with Crippen molar-refractivity contribution in [3.8, 4) is 5.75 Å². The van der Waals surface area contributed by atoms with Gasteiger partial charge >= 0.3 is 0 Å². The molecule has 8 nitrogen and oxygen atoms in total. The summed E-state index contributed by atoms with van der Waals surface area (Å²) < 4.78 is 32.0. The number of benzene rings is 2. The normalized spacial score (nSPS) is 13.4. The van der Waals surface area contributed by atoms with E-state index in [1.165, 1.54) is 30.9 Å². The number of anilines is 2. The number of ether oxygens (including phenoxy) is 1. The number of halogens is 1. The highest BCUT2D eigenvalue weighted by atomic mass is 35.5. The molecule has 3 rings (SSSR count). The fourth-order valence-electron chi connectivity index (χ4n) is 2.64. The van der Waals surface area contributed by atoms with Crippen LogP contribution in [0.2, 0.25) is 5.02 Å². The van der Waals surface area contributed by atoms with Crippen LogP contribution in [0, 0.1) is 0 Å². The highest BCUT2D eigenvalue weighted by Crippen LogP contribution is 2.36. The van der Waals surface area contributed by atoms with Crippen LogP contribution >= 0.6 is 23.4 Å². The Balaban J connectivity index is 1.77. The highest BCUT2D eigenvalue weighted by Gasteiger charge is 2.28. The number of nitrogens with one attached hydrogen (secondary N) is 2. The van der Waals surface area contributed by atoms with Gasteiger partial charge in [0.05, 0.1) is 17.3 Å². The third-order valence-electron chi connectivity index (χ3n) is 4.07. The average Bonchev–Trinajstić information content (AvgIpc) is 2.67. The Bertz CT molecular complexity index is 1080. The van der Waals surface area contributed by atoms with Gasteiger partial charge in [-0.2, -0.15) is 4.31 Å². The van der Waals surface area contributed by atoms with Crippen molar-refractivity contribution in [2.24, 2.45) is 0 Å². The van der Waals surface area contributed by atoms with Crippen molar-refractivity contribution < 1.29 is 22.7 Å². The zero-order chi connectivity index (χ0) is 21.2. The van der Waals surface area contributed by atoms with Crippen molar-refractivity contribution in [3.05, 3.63) is 41.4 Å². The van der Waals surface area contributed by atoms with E-state index in [0.717, 1.165) is 9.20 Å². The Kier molecular flexibility index (Phi) is 6.37. The minimum Gasteiger partial charge on any atom is -0.482 e. The van der Waals surface area contributed by atoms with Crippen LogP contribution < -0.4 is 15.4 Å². The lowest BCUT2D eigenvalue weighted by molar-refractivity contribution is -0.118. The molecule has 0 aliphatic carbocycles. The quantitative estimate of drug-likeness (QED) is 0.649. The molecule has 2 amide bonds.